The van der Waals surface area contributed by atoms with Crippen LogP contribution in [-0.2, 0) is 19.2 Å². The molecule has 14 heteroatoms. The Morgan fingerprint density at radius 1 is 1.21 bits per heavy atom. The van der Waals surface area contributed by atoms with Crippen molar-refractivity contribution in [2.45, 2.75) is 51.0 Å². The van der Waals surface area contributed by atoms with Crippen molar-refractivity contribution in [3.8, 4) is 0 Å². The standard InChI is InChI=1S/C18H24N4O5.C2HF3O2/c1-11(23)13-9-14(20-19-13)17(24)21-6-4-12-8-15(27-16(12)10-21)18(25)22-5-2-3-7-26-22;3-2(4,5)1(6)7/h9,12,15-16H,2-8,10H2,1H3,(H,19,20);(H,6,7)/t12-,15-,16+;/m0./s1. The number of amides is 2. The van der Waals surface area contributed by atoms with Gasteiger partial charge >= 0.3 is 12.1 Å². The number of aromatic nitrogens is 2. The first-order valence-electron chi connectivity index (χ1n) is 10.7. The van der Waals surface area contributed by atoms with Crippen molar-refractivity contribution in [3.63, 3.8) is 0 Å². The minimum atomic E-state index is -5.08. The minimum Gasteiger partial charge on any atom is -0.475 e. The molecule has 3 aliphatic heterocycles. The molecule has 2 N–H and O–H groups in total. The van der Waals surface area contributed by atoms with E-state index < -0.39 is 18.2 Å². The molecule has 188 valence electrons. The van der Waals surface area contributed by atoms with Crippen LogP contribution in [0.4, 0.5) is 13.2 Å². The number of hydrogen-bond acceptors (Lipinski definition) is 7. The van der Waals surface area contributed by atoms with E-state index >= 15 is 0 Å². The Kier molecular flexibility index (Phi) is 7.92. The molecule has 0 unspecified atom stereocenters. The maximum Gasteiger partial charge on any atom is 0.490 e. The molecule has 0 saturated carbocycles. The van der Waals surface area contributed by atoms with Crippen LogP contribution in [0.25, 0.3) is 0 Å². The van der Waals surface area contributed by atoms with Gasteiger partial charge in [0, 0.05) is 26.6 Å². The summed E-state index contributed by atoms with van der Waals surface area (Å²) in [5.41, 5.74) is 0.545. The Bertz CT molecular complexity index is 930. The summed E-state index contributed by atoms with van der Waals surface area (Å²) in [4.78, 5) is 52.7. The topological polar surface area (TPSA) is 142 Å². The summed E-state index contributed by atoms with van der Waals surface area (Å²) in [6.07, 6.45) is -2.36. The van der Waals surface area contributed by atoms with Crippen molar-refractivity contribution >= 4 is 23.6 Å². The number of Topliss-reactive ketones (excluding diaryl/α,β-unsaturated/α-hetero) is 1. The Balaban J connectivity index is 0.000000406. The lowest BCUT2D eigenvalue weighted by Crippen LogP contribution is -2.46. The fraction of sp³-hybridized carbons (Fsp3) is 0.650. The second-order valence-electron chi connectivity index (χ2n) is 8.21. The van der Waals surface area contributed by atoms with E-state index in [0.717, 1.165) is 19.3 Å². The number of carbonyl (C=O) groups excluding carboxylic acids is 3. The number of fused-ring (bicyclic) bond motifs is 1. The number of carboxylic acids is 1. The fourth-order valence-corrected chi connectivity index (χ4v) is 3.99. The van der Waals surface area contributed by atoms with Crippen LogP contribution in [0.2, 0.25) is 0 Å². The molecule has 34 heavy (non-hydrogen) atoms. The van der Waals surface area contributed by atoms with Crippen molar-refractivity contribution in [1.82, 2.24) is 20.2 Å². The SMILES string of the molecule is CC(=O)c1cc(C(=O)N2CC[C@H]3C[C@@H](C(=O)N4CCCCO4)O[C@@H]3C2)[nH]n1.O=C(O)C(F)(F)F. The van der Waals surface area contributed by atoms with E-state index in [1.54, 1.807) is 4.90 Å². The van der Waals surface area contributed by atoms with Gasteiger partial charge in [0.1, 0.15) is 17.5 Å². The van der Waals surface area contributed by atoms with Gasteiger partial charge in [-0.3, -0.25) is 24.3 Å². The Labute approximate surface area is 192 Å². The second-order valence-corrected chi connectivity index (χ2v) is 8.21. The first-order chi connectivity index (χ1) is 16.0. The summed E-state index contributed by atoms with van der Waals surface area (Å²) < 4.78 is 37.7. The Morgan fingerprint density at radius 2 is 1.91 bits per heavy atom. The van der Waals surface area contributed by atoms with Gasteiger partial charge in [-0.2, -0.15) is 18.3 Å². The molecular formula is C20H25F3N4O7. The number of ether oxygens (including phenoxy) is 1. The normalized spacial score (nSPS) is 24.6. The molecule has 4 heterocycles. The molecule has 3 aliphatic rings. The molecule has 0 radical (unpaired) electrons. The number of rotatable bonds is 3. The Hall–Kier alpha value is -3.00. The maximum atomic E-state index is 12.7. The highest BCUT2D eigenvalue weighted by atomic mass is 19.4. The minimum absolute atomic E-state index is 0.110. The number of carboxylic acid groups (broad SMARTS) is 1. The molecule has 1 aromatic rings. The van der Waals surface area contributed by atoms with E-state index in [1.165, 1.54) is 18.1 Å². The van der Waals surface area contributed by atoms with Crippen LogP contribution >= 0.6 is 0 Å². The average molecular weight is 490 g/mol. The van der Waals surface area contributed by atoms with E-state index in [-0.39, 0.29) is 35.3 Å². The van der Waals surface area contributed by atoms with Crippen LogP contribution in [0.5, 0.6) is 0 Å². The largest absolute Gasteiger partial charge is 0.490 e. The maximum absolute atomic E-state index is 12.7. The van der Waals surface area contributed by atoms with Crippen molar-refractivity contribution in [2.75, 3.05) is 26.2 Å². The molecule has 0 aliphatic carbocycles. The van der Waals surface area contributed by atoms with E-state index in [2.05, 4.69) is 10.2 Å². The van der Waals surface area contributed by atoms with Gasteiger partial charge in [-0.25, -0.2) is 9.86 Å². The van der Waals surface area contributed by atoms with Crippen molar-refractivity contribution in [2.24, 2.45) is 5.92 Å². The molecule has 0 aromatic carbocycles. The fourth-order valence-electron chi connectivity index (χ4n) is 3.99. The second kappa shape index (κ2) is 10.5. The van der Waals surface area contributed by atoms with Gasteiger partial charge in [0.05, 0.1) is 12.7 Å². The molecule has 0 spiro atoms. The molecule has 3 saturated heterocycles. The number of aliphatic carboxylic acids is 1. The van der Waals surface area contributed by atoms with E-state index in [0.29, 0.717) is 38.4 Å². The lowest BCUT2D eigenvalue weighted by Gasteiger charge is -2.33. The summed E-state index contributed by atoms with van der Waals surface area (Å²) in [5, 5.41) is 15.1. The van der Waals surface area contributed by atoms with E-state index in [1.807, 2.05) is 0 Å². The van der Waals surface area contributed by atoms with Crippen LogP contribution < -0.4 is 0 Å². The summed E-state index contributed by atoms with van der Waals surface area (Å²) in [6.45, 7) is 3.62. The quantitative estimate of drug-likeness (QED) is 0.606. The molecule has 2 amide bonds. The van der Waals surface area contributed by atoms with Crippen LogP contribution in [0, 0.1) is 5.92 Å². The third kappa shape index (κ3) is 6.11. The number of H-pyrrole nitrogens is 1. The number of alkyl halides is 3. The summed E-state index contributed by atoms with van der Waals surface area (Å²) in [7, 11) is 0. The first-order valence-corrected chi connectivity index (χ1v) is 10.7. The zero-order valence-corrected chi connectivity index (χ0v) is 18.3. The third-order valence-electron chi connectivity index (χ3n) is 5.77. The monoisotopic (exact) mass is 490 g/mol. The molecule has 3 fully saturated rings. The first kappa shape index (κ1) is 25.6. The zero-order chi connectivity index (χ0) is 25.0. The molecule has 11 nitrogen and oxygen atoms in total. The number of carbonyl (C=O) groups is 4. The number of ketones is 1. The number of piperidine rings is 1. The van der Waals surface area contributed by atoms with Crippen LogP contribution in [-0.4, -0.2) is 93.5 Å². The number of nitrogens with one attached hydrogen (secondary N) is 1. The highest BCUT2D eigenvalue weighted by Crippen LogP contribution is 2.34. The van der Waals surface area contributed by atoms with Gasteiger partial charge in [0.15, 0.2) is 5.78 Å². The number of aromatic amines is 1. The van der Waals surface area contributed by atoms with Gasteiger partial charge in [-0.05, 0) is 37.7 Å². The smallest absolute Gasteiger partial charge is 0.475 e. The summed E-state index contributed by atoms with van der Waals surface area (Å²) >= 11 is 0. The average Bonchev–Trinajstić information content (AvgIpc) is 3.45. The number of likely N-dealkylation sites (tertiary alicyclic amines) is 1. The van der Waals surface area contributed by atoms with Gasteiger partial charge in [0.25, 0.3) is 11.8 Å². The number of nitrogens with zero attached hydrogens (tertiary/aromatic N) is 3. The zero-order valence-electron chi connectivity index (χ0n) is 18.3. The van der Waals surface area contributed by atoms with Crippen LogP contribution in [0.1, 0.15) is 53.6 Å². The molecular weight excluding hydrogens is 465 g/mol. The van der Waals surface area contributed by atoms with Crippen molar-refractivity contribution in [1.29, 1.82) is 0 Å². The predicted molar refractivity (Wildman–Crippen MR) is 106 cm³/mol. The van der Waals surface area contributed by atoms with E-state index in [9.17, 15) is 27.6 Å². The third-order valence-corrected chi connectivity index (χ3v) is 5.77. The lowest BCUT2D eigenvalue weighted by molar-refractivity contribution is -0.206. The van der Waals surface area contributed by atoms with Crippen molar-refractivity contribution in [3.05, 3.63) is 17.5 Å². The molecule has 0 bridgehead atoms. The molecule has 3 atom stereocenters. The van der Waals surface area contributed by atoms with Gasteiger partial charge < -0.3 is 14.7 Å². The highest BCUT2D eigenvalue weighted by molar-refractivity contribution is 5.97. The van der Waals surface area contributed by atoms with Gasteiger partial charge in [0.2, 0.25) is 0 Å². The number of hydrogen-bond donors (Lipinski definition) is 2. The summed E-state index contributed by atoms with van der Waals surface area (Å²) in [6, 6.07) is 1.48. The summed E-state index contributed by atoms with van der Waals surface area (Å²) in [5.74, 6) is -2.99. The van der Waals surface area contributed by atoms with Crippen LogP contribution in [0.3, 0.4) is 0 Å². The van der Waals surface area contributed by atoms with Gasteiger partial charge in [-0.15, -0.1) is 0 Å². The van der Waals surface area contributed by atoms with Gasteiger partial charge in [-0.1, -0.05) is 0 Å². The Morgan fingerprint density at radius 3 is 2.47 bits per heavy atom. The van der Waals surface area contributed by atoms with Crippen molar-refractivity contribution < 1.29 is 47.0 Å². The molecule has 4 rings (SSSR count). The van der Waals surface area contributed by atoms with Crippen LogP contribution in [0.15, 0.2) is 6.07 Å². The number of hydroxylamine groups is 2. The van der Waals surface area contributed by atoms with E-state index in [4.69, 9.17) is 19.5 Å². The predicted octanol–water partition coefficient (Wildman–Crippen LogP) is 1.42. The highest BCUT2D eigenvalue weighted by Gasteiger charge is 2.44. The lowest BCUT2D eigenvalue weighted by atomic mass is 9.91. The number of halogens is 3. The molecule has 1 aromatic heterocycles.